The summed E-state index contributed by atoms with van der Waals surface area (Å²) in [5.41, 5.74) is 1.62. The monoisotopic (exact) mass is 211 g/mol. The van der Waals surface area contributed by atoms with E-state index in [2.05, 4.69) is 6.58 Å². The van der Waals surface area contributed by atoms with E-state index in [0.29, 0.717) is 12.2 Å². The van der Waals surface area contributed by atoms with Crippen molar-refractivity contribution in [1.82, 2.24) is 0 Å². The van der Waals surface area contributed by atoms with Crippen LogP contribution in [0.1, 0.15) is 5.56 Å². The zero-order valence-corrected chi connectivity index (χ0v) is 8.97. The van der Waals surface area contributed by atoms with Crippen LogP contribution in [-0.4, -0.2) is 0 Å². The molecule has 0 radical (unpaired) electrons. The summed E-state index contributed by atoms with van der Waals surface area (Å²) in [5, 5.41) is 8.60. The topological polar surface area (TPSA) is 33.0 Å². The van der Waals surface area contributed by atoms with Crippen LogP contribution in [0.3, 0.4) is 0 Å². The van der Waals surface area contributed by atoms with Gasteiger partial charge in [-0.15, -0.1) is 0 Å². The van der Waals surface area contributed by atoms with E-state index in [0.717, 1.165) is 5.56 Å². The smallest absolute Gasteiger partial charge is 0.112 e. The molecule has 2 nitrogen and oxygen atoms in total. The van der Waals surface area contributed by atoms with Gasteiger partial charge in [0.25, 0.3) is 0 Å². The fourth-order valence-corrected chi connectivity index (χ4v) is 1.07. The second-order valence-electron chi connectivity index (χ2n) is 3.06. The maximum absolute atomic E-state index is 8.60. The van der Waals surface area contributed by atoms with Gasteiger partial charge < -0.3 is 4.74 Å². The highest BCUT2D eigenvalue weighted by Crippen LogP contribution is 2.01. The number of benzene rings is 1. The van der Waals surface area contributed by atoms with Gasteiger partial charge in [-0.3, -0.25) is 0 Å². The minimum Gasteiger partial charge on any atom is -0.497 e. The molecule has 1 rings (SSSR count). The Morgan fingerprint density at radius 3 is 2.75 bits per heavy atom. The van der Waals surface area contributed by atoms with Crippen molar-refractivity contribution in [3.8, 4) is 6.07 Å². The van der Waals surface area contributed by atoms with E-state index in [1.165, 1.54) is 6.08 Å². The van der Waals surface area contributed by atoms with Gasteiger partial charge in [-0.1, -0.05) is 43.0 Å². The van der Waals surface area contributed by atoms with Gasteiger partial charge in [0.2, 0.25) is 0 Å². The van der Waals surface area contributed by atoms with Crippen molar-refractivity contribution in [2.45, 2.75) is 6.61 Å². The van der Waals surface area contributed by atoms with Crippen molar-refractivity contribution in [3.05, 3.63) is 72.5 Å². The quantitative estimate of drug-likeness (QED) is 0.425. The molecule has 0 amide bonds. The summed E-state index contributed by atoms with van der Waals surface area (Å²) in [6.07, 6.45) is 6.40. The third-order valence-electron chi connectivity index (χ3n) is 1.89. The second kappa shape index (κ2) is 7.08. The highest BCUT2D eigenvalue weighted by Gasteiger charge is 1.87. The summed E-state index contributed by atoms with van der Waals surface area (Å²) in [6.45, 7) is 4.04. The Morgan fingerprint density at radius 2 is 2.12 bits per heavy atom. The lowest BCUT2D eigenvalue weighted by molar-refractivity contribution is 0.236. The van der Waals surface area contributed by atoms with E-state index in [9.17, 15) is 0 Å². The Kier molecular flexibility index (Phi) is 5.22. The van der Waals surface area contributed by atoms with Crippen LogP contribution in [0.15, 0.2) is 67.0 Å². The lowest BCUT2D eigenvalue weighted by Crippen LogP contribution is -1.84. The van der Waals surface area contributed by atoms with Crippen LogP contribution in [0, 0.1) is 11.3 Å². The van der Waals surface area contributed by atoms with Crippen molar-refractivity contribution in [2.24, 2.45) is 0 Å². The van der Waals surface area contributed by atoms with Crippen LogP contribution in [0.2, 0.25) is 0 Å². The van der Waals surface area contributed by atoms with Crippen LogP contribution >= 0.6 is 0 Å². The summed E-state index contributed by atoms with van der Waals surface area (Å²) >= 11 is 0. The molecule has 16 heavy (non-hydrogen) atoms. The second-order valence-corrected chi connectivity index (χ2v) is 3.06. The first-order valence-electron chi connectivity index (χ1n) is 4.91. The molecule has 80 valence electrons. The lowest BCUT2D eigenvalue weighted by Gasteiger charge is -1.99. The maximum atomic E-state index is 8.60. The molecule has 0 saturated heterocycles. The molecule has 0 aliphatic rings. The van der Waals surface area contributed by atoms with Crippen molar-refractivity contribution in [3.63, 3.8) is 0 Å². The summed E-state index contributed by atoms with van der Waals surface area (Å²) in [7, 11) is 0. The predicted molar refractivity (Wildman–Crippen MR) is 64.3 cm³/mol. The molecule has 0 unspecified atom stereocenters. The van der Waals surface area contributed by atoms with Gasteiger partial charge >= 0.3 is 0 Å². The minimum atomic E-state index is 0.513. The highest BCUT2D eigenvalue weighted by atomic mass is 16.5. The van der Waals surface area contributed by atoms with Crippen molar-refractivity contribution >= 4 is 0 Å². The van der Waals surface area contributed by atoms with Crippen molar-refractivity contribution in [1.29, 1.82) is 5.26 Å². The average Bonchev–Trinajstić information content (AvgIpc) is 2.35. The zero-order valence-electron chi connectivity index (χ0n) is 8.97. The molecular formula is C14H13NO. The van der Waals surface area contributed by atoms with Gasteiger partial charge in [-0.25, -0.2) is 0 Å². The van der Waals surface area contributed by atoms with Crippen LogP contribution in [-0.2, 0) is 11.3 Å². The molecule has 0 aromatic heterocycles. The van der Waals surface area contributed by atoms with Gasteiger partial charge in [-0.2, -0.15) is 5.26 Å². The van der Waals surface area contributed by atoms with E-state index in [1.54, 1.807) is 18.4 Å². The van der Waals surface area contributed by atoms with Crippen LogP contribution in [0.25, 0.3) is 0 Å². The largest absolute Gasteiger partial charge is 0.497 e. The number of hydrogen-bond donors (Lipinski definition) is 0. The Labute approximate surface area is 95.8 Å². The van der Waals surface area contributed by atoms with E-state index in [-0.39, 0.29) is 0 Å². The fraction of sp³-hybridized carbons (Fsp3) is 0.0714. The van der Waals surface area contributed by atoms with E-state index < -0.39 is 0 Å². The zero-order chi connectivity index (χ0) is 11.6. The molecule has 0 spiro atoms. The van der Waals surface area contributed by atoms with Crippen LogP contribution < -0.4 is 0 Å². The van der Waals surface area contributed by atoms with Gasteiger partial charge in [0.1, 0.15) is 6.61 Å². The third kappa shape index (κ3) is 4.30. The molecule has 1 aromatic carbocycles. The lowest BCUT2D eigenvalue weighted by atomic mass is 10.2. The summed E-state index contributed by atoms with van der Waals surface area (Å²) in [5.74, 6) is 0. The van der Waals surface area contributed by atoms with E-state index in [1.807, 2.05) is 36.4 Å². The number of rotatable bonds is 5. The predicted octanol–water partition coefficient (Wildman–Crippen LogP) is 3.35. The molecule has 0 aliphatic heterocycles. The first kappa shape index (κ1) is 11.8. The molecule has 0 bridgehead atoms. The molecule has 0 N–H and O–H groups in total. The maximum Gasteiger partial charge on any atom is 0.112 e. The molecule has 0 saturated carbocycles. The van der Waals surface area contributed by atoms with E-state index in [4.69, 9.17) is 10.00 Å². The standard InChI is InChI=1S/C14H13NO/c1-2-13(11-15)9-6-10-16-12-14-7-4-3-5-8-14/h2-10H,1,12H2/b10-6+,13-9+. The molecular weight excluding hydrogens is 198 g/mol. The molecule has 1 aromatic rings. The first-order valence-corrected chi connectivity index (χ1v) is 4.91. The molecule has 0 heterocycles. The Balaban J connectivity index is 2.37. The molecule has 0 atom stereocenters. The van der Waals surface area contributed by atoms with Gasteiger partial charge in [0.05, 0.1) is 17.9 Å². The Morgan fingerprint density at radius 1 is 1.38 bits per heavy atom. The number of allylic oxidation sites excluding steroid dienone is 4. The minimum absolute atomic E-state index is 0.513. The number of nitrogens with zero attached hydrogens (tertiary/aromatic N) is 1. The van der Waals surface area contributed by atoms with Gasteiger partial charge in [-0.05, 0) is 17.7 Å². The van der Waals surface area contributed by atoms with E-state index >= 15 is 0 Å². The van der Waals surface area contributed by atoms with Crippen molar-refractivity contribution < 1.29 is 4.74 Å². The van der Waals surface area contributed by atoms with Crippen molar-refractivity contribution in [2.75, 3.05) is 0 Å². The number of ether oxygens (including phenoxy) is 1. The van der Waals surface area contributed by atoms with Gasteiger partial charge in [0.15, 0.2) is 0 Å². The molecule has 0 fully saturated rings. The molecule has 2 heteroatoms. The summed E-state index contributed by atoms with van der Waals surface area (Å²) < 4.78 is 5.29. The number of hydrogen-bond acceptors (Lipinski definition) is 2. The Bertz CT molecular complexity index is 424. The van der Waals surface area contributed by atoms with Crippen LogP contribution in [0.5, 0.6) is 0 Å². The number of nitriles is 1. The van der Waals surface area contributed by atoms with Crippen LogP contribution in [0.4, 0.5) is 0 Å². The normalized spacial score (nSPS) is 11.1. The molecule has 0 aliphatic carbocycles. The average molecular weight is 211 g/mol. The van der Waals surface area contributed by atoms with Gasteiger partial charge in [0, 0.05) is 0 Å². The summed E-state index contributed by atoms with van der Waals surface area (Å²) in [6, 6.07) is 11.9. The Hall–Kier alpha value is -2.27. The fourth-order valence-electron chi connectivity index (χ4n) is 1.07. The SMILES string of the molecule is C=C/C(C#N)=C\C=C\OCc1ccccc1. The first-order chi connectivity index (χ1) is 7.86. The summed E-state index contributed by atoms with van der Waals surface area (Å²) in [4.78, 5) is 0. The third-order valence-corrected chi connectivity index (χ3v) is 1.89. The highest BCUT2D eigenvalue weighted by molar-refractivity contribution is 5.34.